The van der Waals surface area contributed by atoms with E-state index < -0.39 is 23.7 Å². The summed E-state index contributed by atoms with van der Waals surface area (Å²) in [7, 11) is 1.40. The number of ether oxygens (including phenoxy) is 2. The smallest absolute Gasteiger partial charge is 0.338 e. The molecular formula is C32H29NO4. The number of nitrogens with zero attached hydrogens (tertiary/aromatic N) is 1. The minimum absolute atomic E-state index is 0.333. The molecule has 0 N–H and O–H groups in total. The van der Waals surface area contributed by atoms with E-state index in [-0.39, 0.29) is 5.97 Å². The average Bonchev–Trinajstić information content (AvgIpc) is 3.39. The second-order valence-corrected chi connectivity index (χ2v) is 9.13. The van der Waals surface area contributed by atoms with E-state index in [1.165, 1.54) is 7.11 Å². The Labute approximate surface area is 217 Å². The Morgan fingerprint density at radius 1 is 0.703 bits per heavy atom. The Balaban J connectivity index is 1.66. The van der Waals surface area contributed by atoms with Gasteiger partial charge in [-0.05, 0) is 28.8 Å². The summed E-state index contributed by atoms with van der Waals surface area (Å²) in [6, 6.07) is 38.8. The van der Waals surface area contributed by atoms with E-state index >= 15 is 0 Å². The van der Waals surface area contributed by atoms with Gasteiger partial charge in [0.25, 0.3) is 0 Å². The van der Waals surface area contributed by atoms with Crippen LogP contribution in [-0.4, -0.2) is 42.6 Å². The van der Waals surface area contributed by atoms with Crippen molar-refractivity contribution in [2.45, 2.75) is 24.1 Å². The third-order valence-corrected chi connectivity index (χ3v) is 7.02. The van der Waals surface area contributed by atoms with Crippen LogP contribution in [0.25, 0.3) is 0 Å². The van der Waals surface area contributed by atoms with Gasteiger partial charge in [0.2, 0.25) is 0 Å². The molecule has 4 aromatic carbocycles. The van der Waals surface area contributed by atoms with Crippen LogP contribution in [0, 0.1) is 0 Å². The second-order valence-electron chi connectivity index (χ2n) is 9.13. The molecule has 0 spiro atoms. The second kappa shape index (κ2) is 10.8. The molecule has 5 heteroatoms. The maximum atomic E-state index is 13.3. The molecule has 4 aromatic rings. The molecule has 0 radical (unpaired) electrons. The van der Waals surface area contributed by atoms with Crippen LogP contribution in [0.2, 0.25) is 0 Å². The van der Waals surface area contributed by atoms with Crippen molar-refractivity contribution in [3.63, 3.8) is 0 Å². The lowest BCUT2D eigenvalue weighted by atomic mass is 9.75. The largest absolute Gasteiger partial charge is 0.468 e. The van der Waals surface area contributed by atoms with Gasteiger partial charge in [-0.1, -0.05) is 109 Å². The molecule has 0 aromatic heterocycles. The zero-order valence-corrected chi connectivity index (χ0v) is 20.7. The third kappa shape index (κ3) is 4.66. The van der Waals surface area contributed by atoms with Crippen molar-refractivity contribution in [3.8, 4) is 0 Å². The van der Waals surface area contributed by atoms with Crippen molar-refractivity contribution in [3.05, 3.63) is 144 Å². The minimum Gasteiger partial charge on any atom is -0.468 e. The van der Waals surface area contributed by atoms with E-state index in [0.717, 1.165) is 16.7 Å². The summed E-state index contributed by atoms with van der Waals surface area (Å²) < 4.78 is 11.3. The molecule has 5 rings (SSSR count). The summed E-state index contributed by atoms with van der Waals surface area (Å²) >= 11 is 0. The summed E-state index contributed by atoms with van der Waals surface area (Å²) in [6.07, 6.45) is -0.160. The fourth-order valence-corrected chi connectivity index (χ4v) is 5.44. The van der Waals surface area contributed by atoms with Gasteiger partial charge in [-0.25, -0.2) is 4.79 Å². The number of carbonyl (C=O) groups excluding carboxylic acids is 2. The molecule has 2 atom stereocenters. The predicted octanol–water partition coefficient (Wildman–Crippen LogP) is 5.45. The lowest BCUT2D eigenvalue weighted by Crippen LogP contribution is -2.53. The first-order valence-electron chi connectivity index (χ1n) is 12.4. The van der Waals surface area contributed by atoms with E-state index in [4.69, 9.17) is 9.47 Å². The topological polar surface area (TPSA) is 55.8 Å². The van der Waals surface area contributed by atoms with E-state index in [1.807, 2.05) is 60.7 Å². The molecular weight excluding hydrogens is 462 g/mol. The molecule has 5 nitrogen and oxygen atoms in total. The molecule has 0 unspecified atom stereocenters. The summed E-state index contributed by atoms with van der Waals surface area (Å²) in [4.78, 5) is 28.4. The van der Waals surface area contributed by atoms with Gasteiger partial charge in [0.15, 0.2) is 0 Å². The molecule has 37 heavy (non-hydrogen) atoms. The highest BCUT2D eigenvalue weighted by Gasteiger charge is 2.52. The molecule has 1 aliphatic heterocycles. The normalized spacial score (nSPS) is 17.8. The highest BCUT2D eigenvalue weighted by atomic mass is 16.5. The minimum atomic E-state index is -0.823. The van der Waals surface area contributed by atoms with Gasteiger partial charge in [-0.2, -0.15) is 0 Å². The van der Waals surface area contributed by atoms with Crippen LogP contribution < -0.4 is 0 Å². The Bertz CT molecular complexity index is 1230. The molecule has 0 bridgehead atoms. The lowest BCUT2D eigenvalue weighted by Gasteiger charge is -2.45. The fourth-order valence-electron chi connectivity index (χ4n) is 5.44. The Morgan fingerprint density at radius 3 is 1.57 bits per heavy atom. The number of likely N-dealkylation sites (tertiary alicyclic amines) is 1. The van der Waals surface area contributed by atoms with Gasteiger partial charge in [0, 0.05) is 13.0 Å². The molecule has 1 heterocycles. The van der Waals surface area contributed by atoms with Crippen molar-refractivity contribution < 1.29 is 19.1 Å². The van der Waals surface area contributed by atoms with Crippen molar-refractivity contribution in [1.82, 2.24) is 4.90 Å². The summed E-state index contributed by atoms with van der Waals surface area (Å²) in [5, 5.41) is 0. The highest BCUT2D eigenvalue weighted by Crippen LogP contribution is 2.46. The van der Waals surface area contributed by atoms with Crippen molar-refractivity contribution in [2.75, 3.05) is 13.7 Å². The molecule has 1 aliphatic rings. The summed E-state index contributed by atoms with van der Waals surface area (Å²) in [5.74, 6) is -0.758. The van der Waals surface area contributed by atoms with Gasteiger partial charge >= 0.3 is 11.9 Å². The van der Waals surface area contributed by atoms with Crippen LogP contribution >= 0.6 is 0 Å². The van der Waals surface area contributed by atoms with Crippen LogP contribution in [-0.2, 0) is 19.8 Å². The van der Waals surface area contributed by atoms with Gasteiger partial charge in [-0.15, -0.1) is 0 Å². The van der Waals surface area contributed by atoms with Crippen LogP contribution in [0.4, 0.5) is 0 Å². The Hall–Kier alpha value is -4.22. The molecule has 0 amide bonds. The number of esters is 2. The van der Waals surface area contributed by atoms with Crippen LogP contribution in [0.15, 0.2) is 121 Å². The average molecular weight is 492 g/mol. The van der Waals surface area contributed by atoms with Gasteiger partial charge in [-0.3, -0.25) is 9.69 Å². The third-order valence-electron chi connectivity index (χ3n) is 7.02. The molecule has 1 fully saturated rings. The Morgan fingerprint density at radius 2 is 1.14 bits per heavy atom. The van der Waals surface area contributed by atoms with E-state index in [1.54, 1.807) is 24.3 Å². The first kappa shape index (κ1) is 24.5. The Kier molecular flexibility index (Phi) is 7.15. The fraction of sp³-hybridized carbons (Fsp3) is 0.188. The SMILES string of the molecule is COC(=O)[C@H]1C[C@H](OC(=O)c2ccccc2)CN1C(c1ccccc1)(c1ccccc1)c1ccccc1. The van der Waals surface area contributed by atoms with Gasteiger partial charge in [0.05, 0.1) is 18.2 Å². The number of carbonyl (C=O) groups is 2. The van der Waals surface area contributed by atoms with E-state index in [0.29, 0.717) is 18.5 Å². The quantitative estimate of drug-likeness (QED) is 0.254. The van der Waals surface area contributed by atoms with Crippen LogP contribution in [0.3, 0.4) is 0 Å². The van der Waals surface area contributed by atoms with E-state index in [9.17, 15) is 9.59 Å². The summed E-state index contributed by atoms with van der Waals surface area (Å²) in [5.41, 5.74) is 2.69. The van der Waals surface area contributed by atoms with Crippen LogP contribution in [0.1, 0.15) is 33.5 Å². The zero-order valence-electron chi connectivity index (χ0n) is 20.7. The molecule has 0 aliphatic carbocycles. The van der Waals surface area contributed by atoms with Crippen molar-refractivity contribution in [1.29, 1.82) is 0 Å². The molecule has 0 saturated carbocycles. The van der Waals surface area contributed by atoms with E-state index in [2.05, 4.69) is 41.3 Å². The molecule has 1 saturated heterocycles. The van der Waals surface area contributed by atoms with Gasteiger partial charge in [0.1, 0.15) is 12.1 Å². The first-order chi connectivity index (χ1) is 18.1. The monoisotopic (exact) mass is 491 g/mol. The van der Waals surface area contributed by atoms with Crippen molar-refractivity contribution in [2.24, 2.45) is 0 Å². The summed E-state index contributed by atoms with van der Waals surface area (Å²) in [6.45, 7) is 0.358. The molecule has 186 valence electrons. The zero-order chi connectivity index (χ0) is 25.7. The van der Waals surface area contributed by atoms with Crippen LogP contribution in [0.5, 0.6) is 0 Å². The highest BCUT2D eigenvalue weighted by molar-refractivity contribution is 5.89. The van der Waals surface area contributed by atoms with Crippen molar-refractivity contribution >= 4 is 11.9 Å². The standard InChI is InChI=1S/C32H29NO4/c1-36-31(35)29-22-28(37-30(34)24-14-6-2-7-15-24)23-33(29)32(25-16-8-3-9-17-25,26-18-10-4-11-19-26)27-20-12-5-13-21-27/h2-21,28-29H,22-23H2,1H3/t28-,29+/m0/s1. The maximum absolute atomic E-state index is 13.3. The lowest BCUT2D eigenvalue weighted by molar-refractivity contribution is -0.147. The number of rotatable bonds is 7. The predicted molar refractivity (Wildman–Crippen MR) is 142 cm³/mol. The maximum Gasteiger partial charge on any atom is 0.338 e. The number of hydrogen-bond donors (Lipinski definition) is 0. The number of methoxy groups -OCH3 is 1. The number of hydrogen-bond acceptors (Lipinski definition) is 5. The number of benzene rings is 4. The first-order valence-corrected chi connectivity index (χ1v) is 12.4. The van der Waals surface area contributed by atoms with Gasteiger partial charge < -0.3 is 9.47 Å².